The standard InChI is InChI=1S/C15H26N4O/c1-3-13-12(14(4-2)20-19-13)10-17-15(16)18-11-8-6-5-7-9-11/h11H,3-10H2,1-2H3,(H3,16,17,18). The molecule has 0 aliphatic heterocycles. The molecule has 1 aromatic heterocycles. The van der Waals surface area contributed by atoms with Gasteiger partial charge in [0.25, 0.3) is 0 Å². The van der Waals surface area contributed by atoms with Crippen molar-refractivity contribution in [3.63, 3.8) is 0 Å². The zero-order valence-electron chi connectivity index (χ0n) is 12.6. The SMILES string of the molecule is CCc1noc(CC)c1CN=C(N)NC1CCCCC1. The van der Waals surface area contributed by atoms with Crippen LogP contribution in [0.25, 0.3) is 0 Å². The fraction of sp³-hybridized carbons (Fsp3) is 0.733. The van der Waals surface area contributed by atoms with Gasteiger partial charge < -0.3 is 15.6 Å². The Morgan fingerprint density at radius 3 is 2.70 bits per heavy atom. The van der Waals surface area contributed by atoms with Gasteiger partial charge >= 0.3 is 0 Å². The van der Waals surface area contributed by atoms with E-state index in [-0.39, 0.29) is 0 Å². The fourth-order valence-corrected chi connectivity index (χ4v) is 2.78. The largest absolute Gasteiger partial charge is 0.370 e. The average Bonchev–Trinajstić information content (AvgIpc) is 2.88. The normalized spacial score (nSPS) is 17.4. The first-order valence-corrected chi connectivity index (χ1v) is 7.77. The minimum absolute atomic E-state index is 0.492. The lowest BCUT2D eigenvalue weighted by Crippen LogP contribution is -2.41. The molecule has 0 saturated heterocycles. The van der Waals surface area contributed by atoms with E-state index in [0.29, 0.717) is 18.5 Å². The summed E-state index contributed by atoms with van der Waals surface area (Å²) in [6.07, 6.45) is 8.02. The molecule has 1 fully saturated rings. The van der Waals surface area contributed by atoms with Crippen molar-refractivity contribution in [2.45, 2.75) is 71.4 Å². The minimum Gasteiger partial charge on any atom is -0.370 e. The maximum absolute atomic E-state index is 5.99. The number of nitrogens with one attached hydrogen (secondary N) is 1. The van der Waals surface area contributed by atoms with Crippen LogP contribution in [0.4, 0.5) is 0 Å². The van der Waals surface area contributed by atoms with Crippen LogP contribution in [0.1, 0.15) is 63.0 Å². The Bertz CT molecular complexity index is 425. The first-order valence-electron chi connectivity index (χ1n) is 7.77. The molecule has 5 heteroatoms. The van der Waals surface area contributed by atoms with Crippen molar-refractivity contribution >= 4 is 5.96 Å². The molecular weight excluding hydrogens is 252 g/mol. The molecule has 0 atom stereocenters. The van der Waals surface area contributed by atoms with Gasteiger partial charge in [-0.05, 0) is 19.3 Å². The highest BCUT2D eigenvalue weighted by atomic mass is 16.5. The van der Waals surface area contributed by atoms with E-state index < -0.39 is 0 Å². The van der Waals surface area contributed by atoms with E-state index in [1.54, 1.807) is 0 Å². The Balaban J connectivity index is 1.95. The lowest BCUT2D eigenvalue weighted by molar-refractivity contribution is 0.380. The van der Waals surface area contributed by atoms with Gasteiger partial charge in [0.05, 0.1) is 12.2 Å². The summed E-state index contributed by atoms with van der Waals surface area (Å²) >= 11 is 0. The van der Waals surface area contributed by atoms with E-state index in [0.717, 1.165) is 29.9 Å². The number of nitrogens with zero attached hydrogens (tertiary/aromatic N) is 2. The van der Waals surface area contributed by atoms with Crippen molar-refractivity contribution in [3.8, 4) is 0 Å². The Hall–Kier alpha value is -1.52. The van der Waals surface area contributed by atoms with Crippen LogP contribution in [0.2, 0.25) is 0 Å². The molecule has 3 N–H and O–H groups in total. The number of rotatable bonds is 5. The summed E-state index contributed by atoms with van der Waals surface area (Å²) in [5, 5.41) is 7.43. The van der Waals surface area contributed by atoms with Gasteiger partial charge in [0, 0.05) is 18.0 Å². The number of aryl methyl sites for hydroxylation is 2. The minimum atomic E-state index is 0.492. The predicted molar refractivity (Wildman–Crippen MR) is 80.6 cm³/mol. The molecule has 1 heterocycles. The topological polar surface area (TPSA) is 76.4 Å². The molecule has 0 aromatic carbocycles. The molecule has 0 unspecified atom stereocenters. The Labute approximate surface area is 121 Å². The van der Waals surface area contributed by atoms with E-state index in [1.165, 1.54) is 32.1 Å². The van der Waals surface area contributed by atoms with Gasteiger partial charge in [-0.2, -0.15) is 0 Å². The highest BCUT2D eigenvalue weighted by Crippen LogP contribution is 2.18. The number of hydrogen-bond acceptors (Lipinski definition) is 3. The van der Waals surface area contributed by atoms with Crippen LogP contribution < -0.4 is 11.1 Å². The maximum atomic E-state index is 5.99. The zero-order chi connectivity index (χ0) is 14.4. The maximum Gasteiger partial charge on any atom is 0.189 e. The van der Waals surface area contributed by atoms with Gasteiger partial charge in [-0.15, -0.1) is 0 Å². The Kier molecular flexibility index (Phi) is 5.44. The van der Waals surface area contributed by atoms with Crippen LogP contribution in [0.5, 0.6) is 0 Å². The second-order valence-corrected chi connectivity index (χ2v) is 5.42. The molecular formula is C15H26N4O. The first kappa shape index (κ1) is 14.9. The van der Waals surface area contributed by atoms with Gasteiger partial charge in [-0.1, -0.05) is 38.3 Å². The monoisotopic (exact) mass is 278 g/mol. The molecule has 1 aliphatic rings. The molecule has 0 amide bonds. The number of guanidine groups is 1. The summed E-state index contributed by atoms with van der Waals surface area (Å²) in [6, 6.07) is 0.492. The van der Waals surface area contributed by atoms with Crippen molar-refractivity contribution in [2.24, 2.45) is 10.7 Å². The van der Waals surface area contributed by atoms with Crippen LogP contribution in [-0.2, 0) is 19.4 Å². The summed E-state index contributed by atoms with van der Waals surface area (Å²) in [7, 11) is 0. The summed E-state index contributed by atoms with van der Waals surface area (Å²) in [5.74, 6) is 1.47. The van der Waals surface area contributed by atoms with Crippen molar-refractivity contribution in [1.29, 1.82) is 0 Å². The first-order chi connectivity index (χ1) is 9.74. The van der Waals surface area contributed by atoms with Crippen molar-refractivity contribution < 1.29 is 4.52 Å². The van der Waals surface area contributed by atoms with Crippen LogP contribution >= 0.6 is 0 Å². The molecule has 1 aliphatic carbocycles. The van der Waals surface area contributed by atoms with Crippen molar-refractivity contribution in [1.82, 2.24) is 10.5 Å². The number of hydrogen-bond donors (Lipinski definition) is 2. The number of nitrogens with two attached hydrogens (primary N) is 1. The molecule has 2 rings (SSSR count). The molecule has 112 valence electrons. The highest BCUT2D eigenvalue weighted by molar-refractivity contribution is 5.78. The smallest absolute Gasteiger partial charge is 0.189 e. The third kappa shape index (κ3) is 3.74. The summed E-state index contributed by atoms with van der Waals surface area (Å²) in [5.41, 5.74) is 8.09. The number of aromatic nitrogens is 1. The molecule has 5 nitrogen and oxygen atoms in total. The van der Waals surface area contributed by atoms with E-state index in [1.807, 2.05) is 0 Å². The van der Waals surface area contributed by atoms with E-state index in [9.17, 15) is 0 Å². The molecule has 0 spiro atoms. The van der Waals surface area contributed by atoms with Crippen LogP contribution in [0.3, 0.4) is 0 Å². The Morgan fingerprint density at radius 1 is 1.30 bits per heavy atom. The lowest BCUT2D eigenvalue weighted by Gasteiger charge is -2.23. The second kappa shape index (κ2) is 7.31. The quantitative estimate of drug-likeness (QED) is 0.641. The van der Waals surface area contributed by atoms with Crippen LogP contribution in [-0.4, -0.2) is 17.2 Å². The predicted octanol–water partition coefficient (Wildman–Crippen LogP) is 2.54. The average molecular weight is 278 g/mol. The summed E-state index contributed by atoms with van der Waals surface area (Å²) < 4.78 is 5.34. The van der Waals surface area contributed by atoms with Crippen molar-refractivity contribution in [3.05, 3.63) is 17.0 Å². The van der Waals surface area contributed by atoms with Gasteiger partial charge in [-0.3, -0.25) is 0 Å². The third-order valence-electron chi connectivity index (χ3n) is 3.97. The van der Waals surface area contributed by atoms with Crippen LogP contribution in [0, 0.1) is 0 Å². The summed E-state index contributed by atoms with van der Waals surface area (Å²) in [4.78, 5) is 4.46. The van der Waals surface area contributed by atoms with Gasteiger partial charge in [0.15, 0.2) is 5.96 Å². The van der Waals surface area contributed by atoms with Crippen LogP contribution in [0.15, 0.2) is 9.52 Å². The second-order valence-electron chi connectivity index (χ2n) is 5.42. The van der Waals surface area contributed by atoms with Crippen molar-refractivity contribution in [2.75, 3.05) is 0 Å². The van der Waals surface area contributed by atoms with E-state index in [2.05, 4.69) is 29.3 Å². The van der Waals surface area contributed by atoms with Gasteiger partial charge in [0.2, 0.25) is 0 Å². The molecule has 1 saturated carbocycles. The Morgan fingerprint density at radius 2 is 2.05 bits per heavy atom. The number of aliphatic imine (C=N–C) groups is 1. The zero-order valence-corrected chi connectivity index (χ0v) is 12.6. The van der Waals surface area contributed by atoms with Gasteiger partial charge in [-0.25, -0.2) is 4.99 Å². The fourth-order valence-electron chi connectivity index (χ4n) is 2.78. The van der Waals surface area contributed by atoms with E-state index in [4.69, 9.17) is 10.3 Å². The third-order valence-corrected chi connectivity index (χ3v) is 3.97. The summed E-state index contributed by atoms with van der Waals surface area (Å²) in [6.45, 7) is 4.70. The highest BCUT2D eigenvalue weighted by Gasteiger charge is 2.15. The molecule has 0 radical (unpaired) electrons. The van der Waals surface area contributed by atoms with E-state index >= 15 is 0 Å². The lowest BCUT2D eigenvalue weighted by atomic mass is 9.96. The van der Waals surface area contributed by atoms with Gasteiger partial charge in [0.1, 0.15) is 5.76 Å². The molecule has 0 bridgehead atoms. The molecule has 20 heavy (non-hydrogen) atoms. The molecule has 1 aromatic rings.